The van der Waals surface area contributed by atoms with Gasteiger partial charge in [-0.1, -0.05) is 84.0 Å². The first-order valence-corrected chi connectivity index (χ1v) is 54.1. The molecule has 22 rings (SSSR count). The number of aryl methyl sites for hydroxylation is 4. The zero-order chi connectivity index (χ0) is 96.0. The van der Waals surface area contributed by atoms with Crippen LogP contribution in [-0.4, -0.2) is 176 Å². The maximum absolute atomic E-state index is 13.8. The van der Waals surface area contributed by atoms with Crippen molar-refractivity contribution in [3.05, 3.63) is 77.5 Å². The van der Waals surface area contributed by atoms with E-state index >= 15 is 0 Å². The molecule has 0 bridgehead atoms. The fraction of sp³-hybridized carbons (Fsp3) is 0.814. The largest absolute Gasteiger partial charge is 0.387 e. The van der Waals surface area contributed by atoms with Gasteiger partial charge in [0.25, 0.3) is 0 Å². The van der Waals surface area contributed by atoms with E-state index < -0.39 is 22.4 Å². The molecule has 2 aromatic carbocycles. The van der Waals surface area contributed by atoms with E-state index in [2.05, 4.69) is 129 Å². The molecule has 16 fully saturated rings. The van der Waals surface area contributed by atoms with Crippen LogP contribution >= 0.6 is 0 Å². The van der Waals surface area contributed by atoms with Gasteiger partial charge < -0.3 is 39.4 Å². The van der Waals surface area contributed by atoms with E-state index in [1.165, 1.54) is 115 Å². The highest BCUT2D eigenvalue weighted by atomic mass is 16.5. The van der Waals surface area contributed by atoms with Gasteiger partial charge in [-0.15, -0.1) is 10.2 Å². The summed E-state index contributed by atoms with van der Waals surface area (Å²) in [4.78, 5) is 55.8. The van der Waals surface area contributed by atoms with Crippen LogP contribution in [0.3, 0.4) is 0 Å². The monoisotopic (exact) mass is 1870 g/mol. The van der Waals surface area contributed by atoms with Crippen LogP contribution in [0.5, 0.6) is 0 Å². The van der Waals surface area contributed by atoms with E-state index in [1.54, 1.807) is 50.3 Å². The Bertz CT molecular complexity index is 5150. The van der Waals surface area contributed by atoms with Crippen molar-refractivity contribution in [2.45, 2.75) is 363 Å². The Kier molecular flexibility index (Phi) is 27.1. The number of benzene rings is 2. The van der Waals surface area contributed by atoms with E-state index in [0.717, 1.165) is 202 Å². The van der Waals surface area contributed by atoms with Gasteiger partial charge in [-0.3, -0.25) is 23.9 Å². The highest BCUT2D eigenvalue weighted by Crippen LogP contribution is 2.74. The molecule has 4 heterocycles. The molecule has 0 spiro atoms. The normalized spacial score (nSPS) is 43.8. The predicted molar refractivity (Wildman–Crippen MR) is 524 cm³/mol. The molecule has 16 aliphatic carbocycles. The molecule has 0 unspecified atom stereocenters. The molecule has 0 amide bonds. The summed E-state index contributed by atoms with van der Waals surface area (Å²) < 4.78 is 27.0. The number of aromatic nitrogens is 11. The average molecular weight is 1870 g/mol. The molecule has 0 radical (unpaired) electrons. The van der Waals surface area contributed by atoms with Crippen molar-refractivity contribution in [1.29, 1.82) is 0 Å². The summed E-state index contributed by atoms with van der Waals surface area (Å²) >= 11 is 0. The number of ether oxygens (including phenoxy) is 4. The number of nitrogens with zero attached hydrogens (tertiary/aromatic N) is 11. The van der Waals surface area contributed by atoms with Crippen molar-refractivity contribution in [2.75, 3.05) is 54.9 Å². The lowest BCUT2D eigenvalue weighted by atomic mass is 9.44. The van der Waals surface area contributed by atoms with Crippen LogP contribution in [0.2, 0.25) is 0 Å². The minimum atomic E-state index is -0.649. The van der Waals surface area contributed by atoms with Crippen molar-refractivity contribution in [2.24, 2.45) is 162 Å². The summed E-state index contributed by atoms with van der Waals surface area (Å²) in [5.74, 6) is 12.7. The SMILES string of the molecule is COC[C@@]1(O)CC[C@@]2(C)[C@@H](CC[C@@H]3[C@@H]2CC[C@]2(C)[C@@H](C(=O)Cn4ncc(C)n4)CC[C@@H]32)C1.COC[C@@]1(O)CC[C@@]2(C)[C@@H](CC[C@@H]3[C@@H]2CC[C@]2(C)[C@@H](C(=O)Cn4ncc5ccc(C)cc54)CC[C@@H]32)C1.COC[C@@]1(O)CC[C@@]2(C)[C@@H](CC[C@@H]3[C@@H]2CC[C@]2(C)[C@@H](C(=O)Cn4nnc5ccc(C)cc54)CC[C@@H]32)C1.COC[C@@]1(O)CC[C@@]2(C)[C@@H](CC[C@@H]3[C@@H]2CC[C@]2(C)[C@@H](C(=O)Cn4nncc4C)CC[C@@H]32)C1. The van der Waals surface area contributed by atoms with Crippen LogP contribution in [0.25, 0.3) is 21.9 Å². The van der Waals surface area contributed by atoms with Crippen LogP contribution in [0, 0.1) is 189 Å². The maximum Gasteiger partial charge on any atom is 0.159 e. The third kappa shape index (κ3) is 17.3. The molecule has 23 nitrogen and oxygen atoms in total. The highest BCUT2D eigenvalue weighted by Gasteiger charge is 2.68. The third-order valence-corrected chi connectivity index (χ3v) is 44.6. The zero-order valence-corrected chi connectivity index (χ0v) is 85.8. The van der Waals surface area contributed by atoms with Crippen molar-refractivity contribution < 1.29 is 58.6 Å². The summed E-state index contributed by atoms with van der Waals surface area (Å²) in [5.41, 5.74) is 6.25. The third-order valence-electron chi connectivity index (χ3n) is 44.6. The Morgan fingerprint density at radius 3 is 1.03 bits per heavy atom. The fourth-order valence-corrected chi connectivity index (χ4v) is 37.5. The lowest BCUT2D eigenvalue weighted by Gasteiger charge is -2.62. The van der Waals surface area contributed by atoms with E-state index in [1.807, 2.05) is 41.5 Å². The quantitative estimate of drug-likeness (QED) is 0.0552. The Balaban J connectivity index is 0.000000116. The molecule has 4 aromatic heterocycles. The molecule has 748 valence electrons. The topological polar surface area (TPSA) is 296 Å². The van der Waals surface area contributed by atoms with Crippen LogP contribution in [0.15, 0.2) is 55.0 Å². The highest BCUT2D eigenvalue weighted by molar-refractivity contribution is 5.86. The molecule has 23 heteroatoms. The lowest BCUT2D eigenvalue weighted by molar-refractivity contribution is -0.164. The van der Waals surface area contributed by atoms with Gasteiger partial charge in [-0.25, -0.2) is 9.36 Å². The van der Waals surface area contributed by atoms with E-state index in [9.17, 15) is 39.6 Å². The Labute approximate surface area is 810 Å². The minimum Gasteiger partial charge on any atom is -0.387 e. The Morgan fingerprint density at radius 1 is 0.346 bits per heavy atom. The van der Waals surface area contributed by atoms with Gasteiger partial charge in [0.2, 0.25) is 0 Å². The molecule has 6 aromatic rings. The summed E-state index contributed by atoms with van der Waals surface area (Å²) in [6.07, 6.45) is 45.1. The second-order valence-corrected chi connectivity index (χ2v) is 51.3. The van der Waals surface area contributed by atoms with Gasteiger partial charge in [-0.2, -0.15) is 20.1 Å². The van der Waals surface area contributed by atoms with Crippen molar-refractivity contribution in [1.82, 2.24) is 54.8 Å². The Hall–Kier alpha value is -6.05. The number of methoxy groups -OCH3 is 4. The number of aliphatic hydroxyl groups is 4. The number of fused-ring (bicyclic) bond motifs is 22. The number of Topliss-reactive ketones (excluding diaryl/α,β-unsaturated/α-hetero) is 4. The fourth-order valence-electron chi connectivity index (χ4n) is 37.5. The van der Waals surface area contributed by atoms with E-state index in [-0.39, 0.29) is 45.3 Å². The van der Waals surface area contributed by atoms with Crippen molar-refractivity contribution in [3.63, 3.8) is 0 Å². The zero-order valence-electron chi connectivity index (χ0n) is 85.8. The molecule has 4 N–H and O–H groups in total. The van der Waals surface area contributed by atoms with Gasteiger partial charge in [0.05, 0.1) is 89.8 Å². The smallest absolute Gasteiger partial charge is 0.159 e. The second-order valence-electron chi connectivity index (χ2n) is 51.3. The molecule has 16 saturated carbocycles. The van der Waals surface area contributed by atoms with Crippen LogP contribution in [0.1, 0.15) is 309 Å². The van der Waals surface area contributed by atoms with Crippen LogP contribution in [-0.2, 0) is 64.3 Å². The van der Waals surface area contributed by atoms with E-state index in [4.69, 9.17) is 18.9 Å². The molecule has 0 aliphatic heterocycles. The molecular formula is C113H169N11O12. The second kappa shape index (κ2) is 37.3. The molecular weight excluding hydrogens is 1700 g/mol. The summed E-state index contributed by atoms with van der Waals surface area (Å²) in [6.45, 7) is 31.1. The molecule has 16 aliphatic rings. The number of carbonyl (C=O) groups excluding carboxylic acids is 4. The molecule has 32 atom stereocenters. The molecule has 0 saturated heterocycles. The number of carbonyl (C=O) groups is 4. The van der Waals surface area contributed by atoms with Gasteiger partial charge in [0, 0.05) is 57.5 Å². The first-order valence-electron chi connectivity index (χ1n) is 54.1. The maximum atomic E-state index is 13.8. The van der Waals surface area contributed by atoms with Crippen molar-refractivity contribution >= 4 is 45.1 Å². The number of hydrogen-bond acceptors (Lipinski definition) is 19. The van der Waals surface area contributed by atoms with Gasteiger partial charge in [0.15, 0.2) is 23.1 Å². The standard InChI is InChI=1S/C31H44N2O3.C30H43N3O3.2C26H41N3O3/c1-20-5-6-21-17-32-33(27(21)15-20)18-28(34)26-10-9-24-23-8-7-22-16-31(35,19-36-4)14-13-29(22,2)25(23)11-12-30(24,26)3;1-19-5-10-25-26(15-19)33(32-31-25)17-27(34)24-9-8-22-21-7-6-20-16-30(35,18-36-4)14-13-28(20,2)23(21)11-12-29(22,24)3;1-17-14-27-28-29(17)15-23(30)22-8-7-20-19-6-5-18-13-26(31,16-32-4)12-11-24(18,2)21(19)9-10-25(20,22)3;1-17-14-27-29(28-17)15-23(30)22-8-7-20-19-6-5-18-13-26(31,16-32-4)12-11-24(18,2)21(19)9-10-25(20,22)3/h5-6,15,17,22-26,35H,7-14,16,18-19H2,1-4H3;5,10,15,20-24,35H,6-9,11-14,16-18H2,1-4H3;2*14,18-22,31H,5-13,15-16H2,1-4H3/t22-,23-,24-,25-,26+,29-,30-,31+;20-,21-,22-,23-,24+,28-,29-,30+;2*18-,19-,20-,21-,22+,24-,25-,26+/m0000/s1. The predicted octanol–water partition coefficient (Wildman–Crippen LogP) is 19.7. The summed E-state index contributed by atoms with van der Waals surface area (Å²) in [5, 5.41) is 75.4. The average Bonchev–Trinajstić information content (AvgIpc) is 1.45. The Morgan fingerprint density at radius 2 is 0.684 bits per heavy atom. The van der Waals surface area contributed by atoms with Gasteiger partial charge >= 0.3 is 0 Å². The lowest BCUT2D eigenvalue weighted by Crippen LogP contribution is -2.57. The molecule has 136 heavy (non-hydrogen) atoms. The van der Waals surface area contributed by atoms with Gasteiger partial charge in [0.1, 0.15) is 31.7 Å². The van der Waals surface area contributed by atoms with Crippen molar-refractivity contribution in [3.8, 4) is 0 Å². The number of hydrogen-bond donors (Lipinski definition) is 4. The summed E-state index contributed by atoms with van der Waals surface area (Å²) in [6, 6.07) is 12.5. The first kappa shape index (κ1) is 98.7. The van der Waals surface area contributed by atoms with E-state index in [0.29, 0.717) is 151 Å². The summed E-state index contributed by atoms with van der Waals surface area (Å²) in [7, 11) is 6.81. The number of ketones is 4. The first-order chi connectivity index (χ1) is 64.7. The van der Waals surface area contributed by atoms with Gasteiger partial charge in [-0.05, 0) is 426 Å². The van der Waals surface area contributed by atoms with Crippen LogP contribution in [0.4, 0.5) is 0 Å². The minimum absolute atomic E-state index is 0.0964. The number of rotatable bonds is 20. The van der Waals surface area contributed by atoms with Crippen LogP contribution < -0.4 is 0 Å².